The van der Waals surface area contributed by atoms with Crippen LogP contribution in [0.2, 0.25) is 0 Å². The lowest BCUT2D eigenvalue weighted by molar-refractivity contribution is -0.136. The lowest BCUT2D eigenvalue weighted by Crippen LogP contribution is -2.52. The van der Waals surface area contributed by atoms with Gasteiger partial charge in [-0.1, -0.05) is 6.07 Å². The number of likely N-dealkylation sites (N-methyl/N-ethyl adjacent to an activating group) is 1. The number of fused-ring (bicyclic) bond motifs is 1. The van der Waals surface area contributed by atoms with Gasteiger partial charge in [-0.15, -0.1) is 0 Å². The number of benzene rings is 2. The van der Waals surface area contributed by atoms with Crippen LogP contribution in [0, 0.1) is 0 Å². The van der Waals surface area contributed by atoms with E-state index in [-0.39, 0.29) is 30.8 Å². The molecule has 6 rings (SSSR count). The summed E-state index contributed by atoms with van der Waals surface area (Å²) in [7, 11) is 2.13. The Morgan fingerprint density at radius 3 is 2.24 bits per heavy atom. The van der Waals surface area contributed by atoms with Crippen molar-refractivity contribution in [2.24, 2.45) is 0 Å². The number of piperazine rings is 1. The van der Waals surface area contributed by atoms with Gasteiger partial charge in [0, 0.05) is 74.9 Å². The number of rotatable bonds is 4. The first-order chi connectivity index (χ1) is 17.9. The van der Waals surface area contributed by atoms with Gasteiger partial charge in [0.05, 0.1) is 0 Å². The van der Waals surface area contributed by atoms with Gasteiger partial charge in [-0.3, -0.25) is 29.5 Å². The number of amides is 5. The summed E-state index contributed by atoms with van der Waals surface area (Å²) in [5.74, 6) is -0.952. The summed E-state index contributed by atoms with van der Waals surface area (Å²) in [6.07, 6.45) is 0.542. The van der Waals surface area contributed by atoms with Crippen molar-refractivity contribution in [2.75, 3.05) is 61.0 Å². The van der Waals surface area contributed by atoms with Crippen molar-refractivity contribution in [3.63, 3.8) is 0 Å². The summed E-state index contributed by atoms with van der Waals surface area (Å²) in [4.78, 5) is 60.0. The van der Waals surface area contributed by atoms with Crippen LogP contribution in [0.1, 0.15) is 28.8 Å². The molecule has 10 nitrogen and oxygen atoms in total. The number of nitrogens with zero attached hydrogens (tertiary/aromatic N) is 5. The minimum atomic E-state index is -0.655. The predicted octanol–water partition coefficient (Wildman–Crippen LogP) is 1.65. The SMILES string of the molecule is CN1CCN(c2cccc(N3CCN(c4ccc5c(c4)CN(C4CCC(=O)NC4=O)C5=O)C3=O)c2)CC1. The van der Waals surface area contributed by atoms with Gasteiger partial charge in [-0.25, -0.2) is 4.79 Å². The normalized spacial score (nSPS) is 22.7. The second-order valence-electron chi connectivity index (χ2n) is 10.1. The molecule has 4 heterocycles. The van der Waals surface area contributed by atoms with Crippen LogP contribution < -0.4 is 20.0 Å². The third kappa shape index (κ3) is 4.21. The maximum Gasteiger partial charge on any atom is 0.329 e. The topological polar surface area (TPSA) is 96.5 Å². The van der Waals surface area contributed by atoms with Crippen LogP contribution >= 0.6 is 0 Å². The van der Waals surface area contributed by atoms with Crippen LogP contribution in [0.3, 0.4) is 0 Å². The van der Waals surface area contributed by atoms with Crippen molar-refractivity contribution in [2.45, 2.75) is 25.4 Å². The summed E-state index contributed by atoms with van der Waals surface area (Å²) in [6.45, 7) is 5.36. The van der Waals surface area contributed by atoms with Crippen LogP contribution in [0.25, 0.3) is 0 Å². The number of hydrogen-bond donors (Lipinski definition) is 1. The molecule has 0 bridgehead atoms. The molecule has 192 valence electrons. The fourth-order valence-corrected chi connectivity index (χ4v) is 5.67. The molecule has 0 radical (unpaired) electrons. The van der Waals surface area contributed by atoms with Gasteiger partial charge in [0.2, 0.25) is 11.8 Å². The van der Waals surface area contributed by atoms with E-state index in [0.29, 0.717) is 25.1 Å². The molecule has 2 aromatic carbocycles. The van der Waals surface area contributed by atoms with Crippen LogP contribution in [0.5, 0.6) is 0 Å². The third-order valence-electron chi connectivity index (χ3n) is 7.84. The highest BCUT2D eigenvalue weighted by molar-refractivity contribution is 6.08. The number of piperidine rings is 1. The van der Waals surface area contributed by atoms with Crippen LogP contribution in [0.4, 0.5) is 21.9 Å². The fraction of sp³-hybridized carbons (Fsp3) is 0.407. The summed E-state index contributed by atoms with van der Waals surface area (Å²) >= 11 is 0. The van der Waals surface area contributed by atoms with Gasteiger partial charge < -0.3 is 14.7 Å². The first kappa shape index (κ1) is 23.5. The number of hydrogen-bond acceptors (Lipinski definition) is 6. The summed E-state index contributed by atoms with van der Waals surface area (Å²) in [5.41, 5.74) is 4.07. The van der Waals surface area contributed by atoms with Crippen molar-refractivity contribution in [1.82, 2.24) is 15.1 Å². The summed E-state index contributed by atoms with van der Waals surface area (Å²) < 4.78 is 0. The molecule has 3 fully saturated rings. The smallest absolute Gasteiger partial charge is 0.329 e. The number of carbonyl (C=O) groups is 4. The predicted molar refractivity (Wildman–Crippen MR) is 139 cm³/mol. The number of carbonyl (C=O) groups excluding carboxylic acids is 4. The number of nitrogens with one attached hydrogen (secondary N) is 1. The Hall–Kier alpha value is -3.92. The van der Waals surface area contributed by atoms with Crippen LogP contribution in [0.15, 0.2) is 42.5 Å². The fourth-order valence-electron chi connectivity index (χ4n) is 5.67. The minimum absolute atomic E-state index is 0.0955. The Labute approximate surface area is 215 Å². The van der Waals surface area contributed by atoms with Gasteiger partial charge in [0.15, 0.2) is 0 Å². The molecule has 37 heavy (non-hydrogen) atoms. The lowest BCUT2D eigenvalue weighted by Gasteiger charge is -2.34. The maximum absolute atomic E-state index is 13.5. The van der Waals surface area contributed by atoms with E-state index in [2.05, 4.69) is 34.3 Å². The largest absolute Gasteiger partial charge is 0.369 e. The molecule has 10 heteroatoms. The molecule has 0 spiro atoms. The first-order valence-corrected chi connectivity index (χ1v) is 12.8. The quantitative estimate of drug-likeness (QED) is 0.639. The third-order valence-corrected chi connectivity index (χ3v) is 7.84. The number of anilines is 3. The lowest BCUT2D eigenvalue weighted by atomic mass is 10.0. The number of urea groups is 1. The van der Waals surface area contributed by atoms with E-state index in [1.54, 1.807) is 21.9 Å². The van der Waals surface area contributed by atoms with Crippen molar-refractivity contribution in [3.05, 3.63) is 53.6 Å². The number of imide groups is 1. The zero-order chi connectivity index (χ0) is 25.7. The Balaban J connectivity index is 1.18. The maximum atomic E-state index is 13.5. The van der Waals surface area contributed by atoms with Gasteiger partial charge in [-0.2, -0.15) is 0 Å². The van der Waals surface area contributed by atoms with Crippen molar-refractivity contribution in [3.8, 4) is 0 Å². The Morgan fingerprint density at radius 2 is 1.51 bits per heavy atom. The van der Waals surface area contributed by atoms with Crippen molar-refractivity contribution >= 4 is 40.8 Å². The minimum Gasteiger partial charge on any atom is -0.369 e. The zero-order valence-corrected chi connectivity index (χ0v) is 20.9. The van der Waals surface area contributed by atoms with E-state index in [1.165, 1.54) is 4.90 Å². The highest BCUT2D eigenvalue weighted by atomic mass is 16.2. The Bertz CT molecular complexity index is 1290. The molecule has 0 aromatic heterocycles. The Morgan fingerprint density at radius 1 is 0.811 bits per heavy atom. The van der Waals surface area contributed by atoms with E-state index in [0.717, 1.165) is 48.8 Å². The molecule has 1 N–H and O–H groups in total. The average Bonchev–Trinajstić information content (AvgIpc) is 3.44. The second kappa shape index (κ2) is 9.19. The molecule has 2 aromatic rings. The van der Waals surface area contributed by atoms with E-state index >= 15 is 0 Å². The molecule has 1 atom stereocenters. The average molecular weight is 503 g/mol. The molecule has 5 amide bonds. The van der Waals surface area contributed by atoms with Gasteiger partial charge in [0.1, 0.15) is 6.04 Å². The van der Waals surface area contributed by atoms with E-state index in [9.17, 15) is 19.2 Å². The second-order valence-corrected chi connectivity index (χ2v) is 10.1. The molecular weight excluding hydrogens is 472 g/mol. The van der Waals surface area contributed by atoms with E-state index in [4.69, 9.17) is 0 Å². The van der Waals surface area contributed by atoms with E-state index < -0.39 is 11.9 Å². The highest BCUT2D eigenvalue weighted by Gasteiger charge is 2.40. The molecule has 4 aliphatic rings. The molecule has 3 saturated heterocycles. The van der Waals surface area contributed by atoms with Gasteiger partial charge in [0.25, 0.3) is 5.91 Å². The van der Waals surface area contributed by atoms with Crippen LogP contribution in [-0.4, -0.2) is 85.9 Å². The van der Waals surface area contributed by atoms with E-state index in [1.807, 2.05) is 18.2 Å². The summed E-state index contributed by atoms with van der Waals surface area (Å²) in [5, 5.41) is 2.33. The Kier molecular flexibility index (Phi) is 5.83. The molecule has 1 unspecified atom stereocenters. The monoisotopic (exact) mass is 502 g/mol. The van der Waals surface area contributed by atoms with Crippen LogP contribution in [-0.2, 0) is 16.1 Å². The summed E-state index contributed by atoms with van der Waals surface area (Å²) in [6, 6.07) is 12.8. The molecular formula is C27H30N6O4. The van der Waals surface area contributed by atoms with Gasteiger partial charge >= 0.3 is 6.03 Å². The van der Waals surface area contributed by atoms with Gasteiger partial charge in [-0.05, 0) is 55.4 Å². The molecule has 0 aliphatic carbocycles. The first-order valence-electron chi connectivity index (χ1n) is 12.8. The zero-order valence-electron chi connectivity index (χ0n) is 20.9. The standard InChI is InChI=1S/C27H30N6O4/c1-29-9-11-30(12-10-29)19-3-2-4-20(16-19)31-13-14-32(27(31)37)21-5-6-22-18(15-21)17-33(26(22)36)23-7-8-24(34)28-25(23)35/h2-6,15-16,23H,7-14,17H2,1H3,(H,28,34,35). The highest BCUT2D eigenvalue weighted by Crippen LogP contribution is 2.33. The molecule has 0 saturated carbocycles. The molecule has 4 aliphatic heterocycles. The van der Waals surface area contributed by atoms with Crippen molar-refractivity contribution in [1.29, 1.82) is 0 Å². The van der Waals surface area contributed by atoms with Crippen molar-refractivity contribution < 1.29 is 19.2 Å².